The Bertz CT molecular complexity index is 260. The van der Waals surface area contributed by atoms with E-state index in [9.17, 15) is 0 Å². The Morgan fingerprint density at radius 2 is 2.08 bits per heavy atom. The first kappa shape index (κ1) is 7.56. The van der Waals surface area contributed by atoms with Gasteiger partial charge in [-0.1, -0.05) is 42.5 Å². The molecule has 0 aromatic heterocycles. The minimum atomic E-state index is 0.411. The first-order valence-corrected chi connectivity index (χ1v) is 4.27. The zero-order valence-electron chi connectivity index (χ0n) is 6.94. The summed E-state index contributed by atoms with van der Waals surface area (Å²) in [5, 5.41) is 0. The number of hydrogen-bond acceptors (Lipinski definition) is 1. The molecule has 1 saturated heterocycles. The van der Waals surface area contributed by atoms with Crippen molar-refractivity contribution in [3.63, 3.8) is 0 Å². The Hall–Kier alpha value is -1.08. The van der Waals surface area contributed by atoms with E-state index in [1.807, 2.05) is 6.07 Å². The van der Waals surface area contributed by atoms with Crippen molar-refractivity contribution in [1.29, 1.82) is 0 Å². The van der Waals surface area contributed by atoms with Gasteiger partial charge in [-0.3, -0.25) is 0 Å². The fraction of sp³-hybridized carbons (Fsp3) is 0.273. The Labute approximate surface area is 72.7 Å². The number of epoxide rings is 1. The van der Waals surface area contributed by atoms with E-state index in [4.69, 9.17) is 4.74 Å². The fourth-order valence-corrected chi connectivity index (χ4v) is 1.14. The third-order valence-corrected chi connectivity index (χ3v) is 1.91. The molecule has 1 atom stereocenters. The zero-order valence-corrected chi connectivity index (χ0v) is 6.94. The smallest absolute Gasteiger partial charge is 0.0991 e. The molecule has 2 rings (SSSR count). The minimum Gasteiger partial charge on any atom is -0.369 e. The van der Waals surface area contributed by atoms with Gasteiger partial charge in [0.25, 0.3) is 0 Å². The van der Waals surface area contributed by atoms with Crippen LogP contribution in [0.15, 0.2) is 42.5 Å². The highest BCUT2D eigenvalue weighted by Gasteiger charge is 2.17. The highest BCUT2D eigenvalue weighted by molar-refractivity contribution is 5.18. The van der Waals surface area contributed by atoms with Crippen LogP contribution in [0.25, 0.3) is 0 Å². The Morgan fingerprint density at radius 3 is 2.75 bits per heavy atom. The molecule has 1 fully saturated rings. The van der Waals surface area contributed by atoms with E-state index in [1.54, 1.807) is 0 Å². The van der Waals surface area contributed by atoms with Crippen molar-refractivity contribution >= 4 is 0 Å². The lowest BCUT2D eigenvalue weighted by Gasteiger charge is -1.92. The molecule has 12 heavy (non-hydrogen) atoms. The summed E-state index contributed by atoms with van der Waals surface area (Å²) in [6.45, 7) is 0.908. The second kappa shape index (κ2) is 3.55. The van der Waals surface area contributed by atoms with Crippen LogP contribution in [0.5, 0.6) is 0 Å². The number of allylic oxidation sites excluding steroid dienone is 1. The van der Waals surface area contributed by atoms with Crippen molar-refractivity contribution in [3.8, 4) is 0 Å². The van der Waals surface area contributed by atoms with Crippen LogP contribution in [0, 0.1) is 0 Å². The summed E-state index contributed by atoms with van der Waals surface area (Å²) in [5.74, 6) is 0. The molecule has 0 radical (unpaired) electrons. The molecule has 1 aromatic carbocycles. The summed E-state index contributed by atoms with van der Waals surface area (Å²) in [6.07, 6.45) is 5.73. The van der Waals surface area contributed by atoms with E-state index in [2.05, 4.69) is 36.4 Å². The first-order chi connectivity index (χ1) is 5.95. The molecule has 1 aromatic rings. The molecule has 1 aliphatic heterocycles. The van der Waals surface area contributed by atoms with Crippen LogP contribution in [0.1, 0.15) is 5.56 Å². The van der Waals surface area contributed by atoms with E-state index >= 15 is 0 Å². The SMILES string of the molecule is C(=C\[C@H]1CO1)/Cc1ccccc1. The van der Waals surface area contributed by atoms with Gasteiger partial charge in [-0.25, -0.2) is 0 Å². The number of benzene rings is 1. The van der Waals surface area contributed by atoms with Crippen LogP contribution in [-0.2, 0) is 11.2 Å². The van der Waals surface area contributed by atoms with Gasteiger partial charge in [0.15, 0.2) is 0 Å². The fourth-order valence-electron chi connectivity index (χ4n) is 1.14. The van der Waals surface area contributed by atoms with Crippen LogP contribution in [0.2, 0.25) is 0 Å². The molecule has 0 saturated carbocycles. The predicted molar refractivity (Wildman–Crippen MR) is 49.0 cm³/mol. The molecule has 0 bridgehead atoms. The Morgan fingerprint density at radius 1 is 1.33 bits per heavy atom. The standard InChI is InChI=1S/C11H12O/c1-2-5-10(6-3-1)7-4-8-11-9-12-11/h1-6,8,11H,7,9H2/b8-4+/t11-/m0/s1. The van der Waals surface area contributed by atoms with Crippen molar-refractivity contribution < 1.29 is 4.74 Å². The maximum Gasteiger partial charge on any atom is 0.0991 e. The molecule has 0 aliphatic carbocycles. The summed E-state index contributed by atoms with van der Waals surface area (Å²) < 4.78 is 5.06. The van der Waals surface area contributed by atoms with Crippen LogP contribution in [-0.4, -0.2) is 12.7 Å². The monoisotopic (exact) mass is 160 g/mol. The van der Waals surface area contributed by atoms with Gasteiger partial charge in [0, 0.05) is 0 Å². The van der Waals surface area contributed by atoms with Crippen molar-refractivity contribution in [2.45, 2.75) is 12.5 Å². The van der Waals surface area contributed by atoms with Crippen molar-refractivity contribution in [1.82, 2.24) is 0 Å². The van der Waals surface area contributed by atoms with Gasteiger partial charge in [-0.15, -0.1) is 0 Å². The van der Waals surface area contributed by atoms with E-state index < -0.39 is 0 Å². The number of ether oxygens (including phenoxy) is 1. The van der Waals surface area contributed by atoms with E-state index in [-0.39, 0.29) is 0 Å². The van der Waals surface area contributed by atoms with Crippen molar-refractivity contribution in [2.24, 2.45) is 0 Å². The molecule has 1 heterocycles. The van der Waals surface area contributed by atoms with Gasteiger partial charge in [0.2, 0.25) is 0 Å². The predicted octanol–water partition coefficient (Wildman–Crippen LogP) is 2.18. The largest absolute Gasteiger partial charge is 0.369 e. The van der Waals surface area contributed by atoms with Crippen LogP contribution in [0.4, 0.5) is 0 Å². The van der Waals surface area contributed by atoms with Crippen LogP contribution >= 0.6 is 0 Å². The summed E-state index contributed by atoms with van der Waals surface area (Å²) in [7, 11) is 0. The van der Waals surface area contributed by atoms with Gasteiger partial charge < -0.3 is 4.74 Å². The second-order valence-electron chi connectivity index (χ2n) is 2.99. The number of hydrogen-bond donors (Lipinski definition) is 0. The molecule has 1 aliphatic rings. The molecule has 62 valence electrons. The average molecular weight is 160 g/mol. The third kappa shape index (κ3) is 2.21. The molecule has 0 N–H and O–H groups in total. The van der Waals surface area contributed by atoms with Gasteiger partial charge in [0.05, 0.1) is 12.7 Å². The topological polar surface area (TPSA) is 12.5 Å². The average Bonchev–Trinajstić information content (AvgIpc) is 2.90. The Balaban J connectivity index is 1.86. The van der Waals surface area contributed by atoms with Gasteiger partial charge in [-0.2, -0.15) is 0 Å². The molecule has 0 unspecified atom stereocenters. The van der Waals surface area contributed by atoms with Gasteiger partial charge in [-0.05, 0) is 12.0 Å². The van der Waals surface area contributed by atoms with Gasteiger partial charge >= 0.3 is 0 Å². The summed E-state index contributed by atoms with van der Waals surface area (Å²) >= 11 is 0. The summed E-state index contributed by atoms with van der Waals surface area (Å²) in [4.78, 5) is 0. The second-order valence-corrected chi connectivity index (χ2v) is 2.99. The van der Waals surface area contributed by atoms with Crippen LogP contribution in [0.3, 0.4) is 0 Å². The summed E-state index contributed by atoms with van der Waals surface area (Å²) in [5.41, 5.74) is 1.36. The normalized spacial score (nSPS) is 21.5. The minimum absolute atomic E-state index is 0.411. The summed E-state index contributed by atoms with van der Waals surface area (Å²) in [6, 6.07) is 10.4. The maximum atomic E-state index is 5.06. The third-order valence-electron chi connectivity index (χ3n) is 1.91. The lowest BCUT2D eigenvalue weighted by molar-refractivity contribution is 0.440. The van der Waals surface area contributed by atoms with Crippen molar-refractivity contribution in [2.75, 3.05) is 6.61 Å². The first-order valence-electron chi connectivity index (χ1n) is 4.27. The lowest BCUT2D eigenvalue weighted by Crippen LogP contribution is -1.80. The highest BCUT2D eigenvalue weighted by atomic mass is 16.6. The van der Waals surface area contributed by atoms with E-state index in [0.717, 1.165) is 13.0 Å². The zero-order chi connectivity index (χ0) is 8.23. The quantitative estimate of drug-likeness (QED) is 0.487. The maximum absolute atomic E-state index is 5.06. The van der Waals surface area contributed by atoms with Crippen LogP contribution < -0.4 is 0 Å². The molecule has 0 spiro atoms. The lowest BCUT2D eigenvalue weighted by atomic mass is 10.1. The van der Waals surface area contributed by atoms with Gasteiger partial charge in [0.1, 0.15) is 0 Å². The Kier molecular flexibility index (Phi) is 2.23. The van der Waals surface area contributed by atoms with Crippen molar-refractivity contribution in [3.05, 3.63) is 48.0 Å². The number of rotatable bonds is 3. The molecule has 0 amide bonds. The molecule has 1 nitrogen and oxygen atoms in total. The molecule has 1 heteroatoms. The van der Waals surface area contributed by atoms with E-state index in [0.29, 0.717) is 6.10 Å². The van der Waals surface area contributed by atoms with E-state index in [1.165, 1.54) is 5.56 Å². The molecular weight excluding hydrogens is 148 g/mol. The highest BCUT2D eigenvalue weighted by Crippen LogP contribution is 2.10. The molecular formula is C11H12O.